The van der Waals surface area contributed by atoms with E-state index in [9.17, 15) is 27.2 Å². The average Bonchev–Trinajstić information content (AvgIpc) is 2.25. The van der Waals surface area contributed by atoms with Gasteiger partial charge in [-0.25, -0.2) is 9.18 Å². The third-order valence-electron chi connectivity index (χ3n) is 1.92. The fourth-order valence-electron chi connectivity index (χ4n) is 1.32. The van der Waals surface area contributed by atoms with Gasteiger partial charge in [0.2, 0.25) is 0 Å². The maximum atomic E-state index is 12.7. The van der Waals surface area contributed by atoms with E-state index >= 15 is 0 Å². The molecule has 1 aromatic heterocycles. The largest absolute Gasteiger partial charge is 0.573 e. The maximum Gasteiger partial charge on any atom is 0.573 e. The first kappa shape index (κ1) is 15.0. The van der Waals surface area contributed by atoms with E-state index in [0.717, 1.165) is 0 Å². The number of alkyl halides is 4. The lowest BCUT2D eigenvalue weighted by Crippen LogP contribution is -2.23. The number of carbonyl (C=O) groups is 1. The van der Waals surface area contributed by atoms with Gasteiger partial charge in [-0.2, -0.15) is 0 Å². The van der Waals surface area contributed by atoms with Crippen LogP contribution in [-0.2, 0) is 11.4 Å². The van der Waals surface area contributed by atoms with Gasteiger partial charge < -0.3 is 14.5 Å². The van der Waals surface area contributed by atoms with E-state index in [1.807, 2.05) is 4.98 Å². The SMILES string of the molecule is CCOC(=O)c1c(OC(F)(F)F)cc(=O)[nH]c1CF. The van der Waals surface area contributed by atoms with E-state index in [1.54, 1.807) is 0 Å². The highest BCUT2D eigenvalue weighted by Crippen LogP contribution is 2.27. The maximum absolute atomic E-state index is 12.7. The summed E-state index contributed by atoms with van der Waals surface area (Å²) in [5.74, 6) is -2.31. The molecule has 0 aromatic carbocycles. The summed E-state index contributed by atoms with van der Waals surface area (Å²) in [5.41, 5.74) is -2.45. The lowest BCUT2D eigenvalue weighted by molar-refractivity contribution is -0.274. The quantitative estimate of drug-likeness (QED) is 0.677. The number of esters is 1. The van der Waals surface area contributed by atoms with Gasteiger partial charge in [0.25, 0.3) is 5.56 Å². The summed E-state index contributed by atoms with van der Waals surface area (Å²) in [7, 11) is 0. The third-order valence-corrected chi connectivity index (χ3v) is 1.92. The summed E-state index contributed by atoms with van der Waals surface area (Å²) in [6, 6.07) is 0.402. The molecule has 9 heteroatoms. The number of halogens is 4. The van der Waals surface area contributed by atoms with Crippen molar-refractivity contribution in [1.82, 2.24) is 4.98 Å². The molecule has 0 aliphatic rings. The smallest absolute Gasteiger partial charge is 0.462 e. The van der Waals surface area contributed by atoms with Gasteiger partial charge in [0.15, 0.2) is 5.75 Å². The molecule has 1 heterocycles. The Morgan fingerprint density at radius 1 is 1.42 bits per heavy atom. The monoisotopic (exact) mass is 283 g/mol. The van der Waals surface area contributed by atoms with Gasteiger partial charge >= 0.3 is 12.3 Å². The molecule has 0 saturated heterocycles. The van der Waals surface area contributed by atoms with Crippen LogP contribution in [0.15, 0.2) is 10.9 Å². The normalized spacial score (nSPS) is 11.2. The second-order valence-electron chi connectivity index (χ2n) is 3.25. The summed E-state index contributed by atoms with van der Waals surface area (Å²) in [4.78, 5) is 24.5. The Balaban J connectivity index is 3.37. The molecule has 0 unspecified atom stereocenters. The van der Waals surface area contributed by atoms with Crippen LogP contribution in [0.1, 0.15) is 23.0 Å². The van der Waals surface area contributed by atoms with Gasteiger partial charge in [-0.15, -0.1) is 13.2 Å². The molecule has 0 atom stereocenters. The molecule has 5 nitrogen and oxygen atoms in total. The average molecular weight is 283 g/mol. The molecular formula is C10H9F4NO4. The van der Waals surface area contributed by atoms with Crippen molar-refractivity contribution in [1.29, 1.82) is 0 Å². The van der Waals surface area contributed by atoms with Gasteiger partial charge in [-0.3, -0.25) is 4.79 Å². The Hall–Kier alpha value is -2.06. The molecule has 0 aliphatic heterocycles. The first-order valence-corrected chi connectivity index (χ1v) is 5.03. The highest BCUT2D eigenvalue weighted by atomic mass is 19.4. The van der Waals surface area contributed by atoms with Crippen LogP contribution in [0.25, 0.3) is 0 Å². The predicted molar refractivity (Wildman–Crippen MR) is 54.5 cm³/mol. The second kappa shape index (κ2) is 5.72. The minimum Gasteiger partial charge on any atom is -0.462 e. The highest BCUT2D eigenvalue weighted by Gasteiger charge is 2.34. The zero-order chi connectivity index (χ0) is 14.6. The number of aromatic nitrogens is 1. The van der Waals surface area contributed by atoms with Crippen molar-refractivity contribution in [3.8, 4) is 5.75 Å². The Bertz CT molecular complexity index is 523. The van der Waals surface area contributed by atoms with Crippen LogP contribution in [0.3, 0.4) is 0 Å². The van der Waals surface area contributed by atoms with Crippen LogP contribution in [0, 0.1) is 0 Å². The van der Waals surface area contributed by atoms with Gasteiger partial charge in [0.1, 0.15) is 12.2 Å². The zero-order valence-corrected chi connectivity index (χ0v) is 9.64. The van der Waals surface area contributed by atoms with Gasteiger partial charge in [0, 0.05) is 6.07 Å². The number of pyridine rings is 1. The summed E-state index contributed by atoms with van der Waals surface area (Å²) in [6.07, 6.45) is -5.12. The number of nitrogens with one attached hydrogen (secondary N) is 1. The Morgan fingerprint density at radius 2 is 2.05 bits per heavy atom. The number of hydrogen-bond acceptors (Lipinski definition) is 4. The Labute approximate surface area is 104 Å². The Morgan fingerprint density at radius 3 is 2.53 bits per heavy atom. The van der Waals surface area contributed by atoms with Crippen molar-refractivity contribution >= 4 is 5.97 Å². The van der Waals surface area contributed by atoms with Crippen molar-refractivity contribution < 1.29 is 31.8 Å². The van der Waals surface area contributed by atoms with Crippen LogP contribution < -0.4 is 10.3 Å². The van der Waals surface area contributed by atoms with Crippen molar-refractivity contribution in [3.63, 3.8) is 0 Å². The molecule has 0 amide bonds. The molecule has 19 heavy (non-hydrogen) atoms. The number of ether oxygens (including phenoxy) is 2. The molecule has 1 aromatic rings. The Kier molecular flexibility index (Phi) is 4.52. The number of aromatic amines is 1. The molecular weight excluding hydrogens is 274 g/mol. The molecule has 0 saturated carbocycles. The molecule has 0 bridgehead atoms. The van der Waals surface area contributed by atoms with Crippen LogP contribution in [0.5, 0.6) is 5.75 Å². The first-order valence-electron chi connectivity index (χ1n) is 5.03. The van der Waals surface area contributed by atoms with E-state index in [-0.39, 0.29) is 6.61 Å². The van der Waals surface area contributed by atoms with Crippen molar-refractivity contribution in [3.05, 3.63) is 27.7 Å². The van der Waals surface area contributed by atoms with E-state index < -0.39 is 41.6 Å². The molecule has 106 valence electrons. The molecule has 0 spiro atoms. The lowest BCUT2D eigenvalue weighted by atomic mass is 10.2. The molecule has 0 radical (unpaired) electrons. The van der Waals surface area contributed by atoms with E-state index in [4.69, 9.17) is 0 Å². The molecule has 0 aliphatic carbocycles. The minimum absolute atomic E-state index is 0.130. The van der Waals surface area contributed by atoms with Crippen molar-refractivity contribution in [2.75, 3.05) is 6.61 Å². The number of hydrogen-bond donors (Lipinski definition) is 1. The number of rotatable bonds is 4. The van der Waals surface area contributed by atoms with Gasteiger partial charge in [-0.05, 0) is 6.92 Å². The van der Waals surface area contributed by atoms with Crippen LogP contribution in [-0.4, -0.2) is 23.9 Å². The van der Waals surface area contributed by atoms with E-state index in [1.165, 1.54) is 6.92 Å². The fourth-order valence-corrected chi connectivity index (χ4v) is 1.32. The van der Waals surface area contributed by atoms with Gasteiger partial charge in [-0.1, -0.05) is 0 Å². The van der Waals surface area contributed by atoms with Crippen LogP contribution in [0.4, 0.5) is 17.6 Å². The molecule has 0 fully saturated rings. The van der Waals surface area contributed by atoms with E-state index in [0.29, 0.717) is 6.07 Å². The van der Waals surface area contributed by atoms with E-state index in [2.05, 4.69) is 9.47 Å². The zero-order valence-electron chi connectivity index (χ0n) is 9.64. The van der Waals surface area contributed by atoms with Gasteiger partial charge in [0.05, 0.1) is 12.3 Å². The lowest BCUT2D eigenvalue weighted by Gasteiger charge is -2.14. The predicted octanol–water partition coefficient (Wildman–Crippen LogP) is 1.92. The standard InChI is InChI=1S/C10H9F4NO4/c1-2-18-9(17)8-5(4-11)15-7(16)3-6(8)19-10(12,13)14/h3H,2,4H2,1H3,(H,15,16). The summed E-state index contributed by atoms with van der Waals surface area (Å²) in [6.45, 7) is -0.0590. The van der Waals surface area contributed by atoms with Crippen LogP contribution >= 0.6 is 0 Å². The highest BCUT2D eigenvalue weighted by molar-refractivity contribution is 5.93. The van der Waals surface area contributed by atoms with Crippen molar-refractivity contribution in [2.24, 2.45) is 0 Å². The minimum atomic E-state index is -5.12. The summed E-state index contributed by atoms with van der Waals surface area (Å²) in [5, 5.41) is 0. The molecule has 1 N–H and O–H groups in total. The van der Waals surface area contributed by atoms with Crippen LogP contribution in [0.2, 0.25) is 0 Å². The second-order valence-corrected chi connectivity index (χ2v) is 3.25. The topological polar surface area (TPSA) is 68.4 Å². The number of carbonyl (C=O) groups excluding carboxylic acids is 1. The molecule has 1 rings (SSSR count). The summed E-state index contributed by atoms with van der Waals surface area (Å²) >= 11 is 0. The number of H-pyrrole nitrogens is 1. The summed E-state index contributed by atoms with van der Waals surface area (Å²) < 4.78 is 57.2. The van der Waals surface area contributed by atoms with Crippen molar-refractivity contribution in [2.45, 2.75) is 20.0 Å². The fraction of sp³-hybridized carbons (Fsp3) is 0.400. The third kappa shape index (κ3) is 3.97. The first-order chi connectivity index (χ1) is 8.78.